The van der Waals surface area contributed by atoms with Gasteiger partial charge in [0.2, 0.25) is 0 Å². The number of unbranched alkanes of at least 4 members (excludes halogenated alkanes) is 10. The van der Waals surface area contributed by atoms with E-state index >= 15 is 0 Å². The van der Waals surface area contributed by atoms with Gasteiger partial charge in [-0.2, -0.15) is 14.0 Å². The second kappa shape index (κ2) is 30.2. The quantitative estimate of drug-likeness (QED) is 0.0237. The van der Waals surface area contributed by atoms with Crippen LogP contribution in [0.4, 0.5) is 17.1 Å². The maximum Gasteiger partial charge on any atom is 0.346 e. The van der Waals surface area contributed by atoms with Gasteiger partial charge in [0, 0.05) is 65.1 Å². The van der Waals surface area contributed by atoms with E-state index in [9.17, 15) is 15.2 Å². The van der Waals surface area contributed by atoms with Crippen molar-refractivity contribution in [3.8, 4) is 71.5 Å². The van der Waals surface area contributed by atoms with Crippen molar-refractivity contribution >= 4 is 74.5 Å². The summed E-state index contributed by atoms with van der Waals surface area (Å²) < 4.78 is 35.5. The zero-order valence-corrected chi connectivity index (χ0v) is 52.5. The number of ether oxygens (including phenoxy) is 4. The molecule has 5 aromatic carbocycles. The first-order valence-electron chi connectivity index (χ1n) is 30.9. The van der Waals surface area contributed by atoms with E-state index in [4.69, 9.17) is 27.7 Å². The summed E-state index contributed by atoms with van der Waals surface area (Å²) >= 11 is 4.64. The number of nitriles is 1. The number of hydrogen-bond donors (Lipinski definition) is 1. The molecular weight excluding hydrogens is 1100 g/mol. The van der Waals surface area contributed by atoms with Crippen molar-refractivity contribution in [3.63, 3.8) is 0 Å². The molecule has 1 aliphatic rings. The number of carboxylic acids is 1. The first-order chi connectivity index (χ1) is 41.2. The van der Waals surface area contributed by atoms with Crippen LogP contribution in [0.1, 0.15) is 173 Å². The number of thiophene rings is 2. The van der Waals surface area contributed by atoms with Crippen LogP contribution in [-0.4, -0.2) is 46.3 Å². The van der Waals surface area contributed by atoms with E-state index in [1.54, 1.807) is 28.7 Å². The highest BCUT2D eigenvalue weighted by Gasteiger charge is 2.45. The summed E-state index contributed by atoms with van der Waals surface area (Å²) in [7, 11) is 0. The van der Waals surface area contributed by atoms with Gasteiger partial charge in [0.25, 0.3) is 0 Å². The molecule has 0 spiro atoms. The Bertz CT molecular complexity index is 3390. The predicted molar refractivity (Wildman–Crippen MR) is 351 cm³/mol. The van der Waals surface area contributed by atoms with Crippen LogP contribution in [0, 0.1) is 11.3 Å². The highest BCUT2D eigenvalue weighted by Crippen LogP contribution is 2.61. The van der Waals surface area contributed by atoms with Gasteiger partial charge in [-0.05, 0) is 140 Å². The average Bonchev–Trinajstić information content (AvgIpc) is 1.80. The third-order valence-electron chi connectivity index (χ3n) is 16.0. The third kappa shape index (κ3) is 14.2. The number of carbonyl (C=O) groups is 1. The standard InChI is InChI=1S/C71H82N4O6S3/c1-7-13-19-21-37-71(38-22-20-14-8-2)60-46-56(43-51(48-72)70(76)77)82-68(60)69-61(71)47-65(83-69)59-35-36-62(67-66(59)73-84-74-67)75(52-27-23-49(24-28-52)57-33-31-54(78-39-15-9-3)44-63(57)80-41-17-11-5)53-29-25-50(26-30-53)58-34-32-55(79-40-16-10-4)45-64(58)81-42-18-12-6/h23-36,43-47H,7-22,37-42H2,1-6H3,(H,76,77)/b51-43-. The van der Waals surface area contributed by atoms with E-state index in [2.05, 4.69) is 131 Å². The molecule has 0 fully saturated rings. The van der Waals surface area contributed by atoms with E-state index in [1.807, 2.05) is 30.3 Å². The molecule has 0 saturated heterocycles. The second-order valence-electron chi connectivity index (χ2n) is 22.1. The normalized spacial score (nSPS) is 12.5. The summed E-state index contributed by atoms with van der Waals surface area (Å²) in [6.45, 7) is 15.8. The van der Waals surface area contributed by atoms with Crippen molar-refractivity contribution in [2.24, 2.45) is 0 Å². The van der Waals surface area contributed by atoms with Gasteiger partial charge in [-0.25, -0.2) is 4.79 Å². The number of carboxylic acid groups (broad SMARTS) is 1. The molecule has 440 valence electrons. The summed E-state index contributed by atoms with van der Waals surface area (Å²) in [6.07, 6.45) is 20.9. The molecule has 0 atom stereocenters. The summed E-state index contributed by atoms with van der Waals surface area (Å²) in [4.78, 5) is 18.8. The van der Waals surface area contributed by atoms with Gasteiger partial charge in [0.1, 0.15) is 45.7 Å². The molecule has 1 N–H and O–H groups in total. The molecule has 8 aromatic rings. The highest BCUT2D eigenvalue weighted by atomic mass is 32.1. The van der Waals surface area contributed by atoms with Crippen LogP contribution in [0.5, 0.6) is 23.0 Å². The number of benzene rings is 5. The molecule has 0 saturated carbocycles. The minimum Gasteiger partial charge on any atom is -0.493 e. The van der Waals surface area contributed by atoms with Crippen molar-refractivity contribution in [3.05, 3.63) is 131 Å². The van der Waals surface area contributed by atoms with Crippen LogP contribution >= 0.6 is 34.4 Å². The number of nitrogens with zero attached hydrogens (tertiary/aromatic N) is 4. The number of fused-ring (bicyclic) bond motifs is 4. The molecule has 0 unspecified atom stereocenters. The van der Waals surface area contributed by atoms with Crippen molar-refractivity contribution in [2.75, 3.05) is 31.3 Å². The Morgan fingerprint density at radius 3 is 1.52 bits per heavy atom. The van der Waals surface area contributed by atoms with Crippen molar-refractivity contribution in [1.29, 1.82) is 5.26 Å². The summed E-state index contributed by atoms with van der Waals surface area (Å²) in [5, 5.41) is 19.7. The lowest BCUT2D eigenvalue weighted by atomic mass is 9.71. The maximum absolute atomic E-state index is 12.1. The number of aliphatic carboxylic acids is 1. The Morgan fingerprint density at radius 2 is 1.02 bits per heavy atom. The number of aromatic nitrogens is 2. The molecule has 0 bridgehead atoms. The topological polar surface area (TPSA) is 127 Å². The summed E-state index contributed by atoms with van der Waals surface area (Å²) in [6, 6.07) is 40.8. The first-order valence-corrected chi connectivity index (χ1v) is 33.2. The van der Waals surface area contributed by atoms with Gasteiger partial charge in [-0.15, -0.1) is 22.7 Å². The lowest BCUT2D eigenvalue weighted by molar-refractivity contribution is -0.132. The van der Waals surface area contributed by atoms with Crippen molar-refractivity contribution in [2.45, 2.75) is 163 Å². The monoisotopic (exact) mass is 1180 g/mol. The van der Waals surface area contributed by atoms with Crippen LogP contribution in [0.2, 0.25) is 0 Å². The number of anilines is 3. The third-order valence-corrected chi connectivity index (χ3v) is 18.9. The zero-order chi connectivity index (χ0) is 58.8. The highest BCUT2D eigenvalue weighted by molar-refractivity contribution is 7.24. The fourth-order valence-electron chi connectivity index (χ4n) is 11.3. The largest absolute Gasteiger partial charge is 0.493 e. The molecule has 0 radical (unpaired) electrons. The number of hydrogen-bond acceptors (Lipinski definition) is 12. The number of rotatable bonds is 34. The van der Waals surface area contributed by atoms with Crippen LogP contribution in [-0.2, 0) is 10.2 Å². The fraction of sp³-hybridized carbons (Fsp3) is 0.408. The average molecular weight is 1180 g/mol. The van der Waals surface area contributed by atoms with E-state index in [0.29, 0.717) is 26.4 Å². The Labute approximate surface area is 510 Å². The van der Waals surface area contributed by atoms with Crippen LogP contribution < -0.4 is 23.8 Å². The Hall–Kier alpha value is -6.98. The van der Waals surface area contributed by atoms with E-state index in [-0.39, 0.29) is 11.0 Å². The van der Waals surface area contributed by atoms with Crippen molar-refractivity contribution < 1.29 is 28.8 Å². The Balaban J connectivity index is 1.15. The van der Waals surface area contributed by atoms with Gasteiger partial charge >= 0.3 is 5.97 Å². The SMILES string of the molecule is CCCCCCC1(CCCCCC)c2cc(/C=C(/C#N)C(=O)O)sc2-c2sc(-c3ccc(N(c4ccc(-c5ccc(OCCCC)cc5OCCCC)cc4)c4ccc(-c5ccc(OCCCC)cc5OCCCC)cc4)c4nsnc34)cc21. The molecule has 0 aliphatic heterocycles. The summed E-state index contributed by atoms with van der Waals surface area (Å²) in [5.74, 6) is 2.04. The zero-order valence-electron chi connectivity index (χ0n) is 50.0. The van der Waals surface area contributed by atoms with Crippen LogP contribution in [0.25, 0.3) is 59.6 Å². The molecule has 13 heteroatoms. The minimum atomic E-state index is -1.21. The molecule has 0 amide bonds. The Morgan fingerprint density at radius 1 is 0.548 bits per heavy atom. The van der Waals surface area contributed by atoms with E-state index in [0.717, 1.165) is 191 Å². The van der Waals surface area contributed by atoms with Gasteiger partial charge in [-0.3, -0.25) is 0 Å². The van der Waals surface area contributed by atoms with Crippen molar-refractivity contribution in [1.82, 2.24) is 8.75 Å². The molecule has 3 heterocycles. The summed E-state index contributed by atoms with van der Waals surface area (Å²) in [5.41, 5.74) is 11.8. The predicted octanol–water partition coefficient (Wildman–Crippen LogP) is 21.2. The molecule has 9 rings (SSSR count). The first kappa shape index (κ1) is 61.6. The maximum atomic E-state index is 12.1. The molecular formula is C71H82N4O6S3. The lowest BCUT2D eigenvalue weighted by Crippen LogP contribution is -2.25. The van der Waals surface area contributed by atoms with E-state index in [1.165, 1.54) is 45.5 Å². The van der Waals surface area contributed by atoms with Crippen LogP contribution in [0.15, 0.2) is 115 Å². The molecule has 84 heavy (non-hydrogen) atoms. The van der Waals surface area contributed by atoms with Gasteiger partial charge in [0.05, 0.1) is 43.8 Å². The fourth-order valence-corrected chi connectivity index (χ4v) is 14.5. The van der Waals surface area contributed by atoms with E-state index < -0.39 is 5.97 Å². The Kier molecular flexibility index (Phi) is 22.1. The minimum absolute atomic E-state index is 0.228. The van der Waals surface area contributed by atoms with Crippen LogP contribution in [0.3, 0.4) is 0 Å². The van der Waals surface area contributed by atoms with Gasteiger partial charge in [0.15, 0.2) is 0 Å². The molecule has 10 nitrogen and oxygen atoms in total. The lowest BCUT2D eigenvalue weighted by Gasteiger charge is -2.31. The van der Waals surface area contributed by atoms with Gasteiger partial charge in [-0.1, -0.05) is 143 Å². The molecule has 1 aliphatic carbocycles. The second-order valence-corrected chi connectivity index (χ2v) is 24.7. The smallest absolute Gasteiger partial charge is 0.346 e. The van der Waals surface area contributed by atoms with Gasteiger partial charge < -0.3 is 29.0 Å². The molecule has 3 aromatic heterocycles.